The highest BCUT2D eigenvalue weighted by atomic mass is 16.5. The Bertz CT molecular complexity index is 288. The summed E-state index contributed by atoms with van der Waals surface area (Å²) in [6, 6.07) is 0.163. The second-order valence-corrected chi connectivity index (χ2v) is 5.31. The van der Waals surface area contributed by atoms with Crippen molar-refractivity contribution >= 4 is 5.91 Å². The molecule has 0 aliphatic carbocycles. The van der Waals surface area contributed by atoms with Gasteiger partial charge in [0, 0.05) is 19.1 Å². The van der Waals surface area contributed by atoms with Crippen LogP contribution in [-0.4, -0.2) is 61.9 Å². The molecule has 0 saturated carbocycles. The number of ether oxygens (including phenoxy) is 2. The second-order valence-electron chi connectivity index (χ2n) is 5.31. The molecule has 0 aromatic rings. The highest BCUT2D eigenvalue weighted by molar-refractivity contribution is 5.80. The molecule has 104 valence electrons. The fraction of sp³-hybridized carbons (Fsp3) is 0.923. The molecular weight excluding hydrogens is 232 g/mol. The average molecular weight is 256 g/mol. The molecule has 0 aromatic heterocycles. The minimum Gasteiger partial charge on any atom is -0.379 e. The molecule has 1 N–H and O–H groups in total. The predicted octanol–water partition coefficient (Wildman–Crippen LogP) is 0.247. The van der Waals surface area contributed by atoms with Crippen molar-refractivity contribution in [2.45, 2.75) is 39.0 Å². The Morgan fingerprint density at radius 2 is 1.94 bits per heavy atom. The Labute approximate surface area is 109 Å². The first-order valence-corrected chi connectivity index (χ1v) is 6.87. The second kappa shape index (κ2) is 5.99. The number of amides is 1. The molecule has 4 unspecified atom stereocenters. The van der Waals surface area contributed by atoms with E-state index in [1.54, 1.807) is 0 Å². The van der Waals surface area contributed by atoms with E-state index in [2.05, 4.69) is 12.2 Å². The molecule has 2 heterocycles. The molecule has 18 heavy (non-hydrogen) atoms. The van der Waals surface area contributed by atoms with Crippen LogP contribution < -0.4 is 5.32 Å². The summed E-state index contributed by atoms with van der Waals surface area (Å²) in [4.78, 5) is 14.5. The first-order valence-electron chi connectivity index (χ1n) is 6.87. The third-order valence-electron chi connectivity index (χ3n) is 3.60. The van der Waals surface area contributed by atoms with Gasteiger partial charge in [-0.1, -0.05) is 6.92 Å². The van der Waals surface area contributed by atoms with E-state index in [1.807, 2.05) is 18.7 Å². The monoisotopic (exact) mass is 256 g/mol. The summed E-state index contributed by atoms with van der Waals surface area (Å²) in [5.41, 5.74) is 0. The summed E-state index contributed by atoms with van der Waals surface area (Å²) in [5.74, 6) is 0.169. The maximum atomic E-state index is 12.5. The van der Waals surface area contributed by atoms with E-state index >= 15 is 0 Å². The average Bonchev–Trinajstić information content (AvgIpc) is 2.75. The van der Waals surface area contributed by atoms with Gasteiger partial charge < -0.3 is 19.7 Å². The zero-order valence-corrected chi connectivity index (χ0v) is 11.5. The first kappa shape index (κ1) is 13.8. The zero-order chi connectivity index (χ0) is 13.1. The summed E-state index contributed by atoms with van der Waals surface area (Å²) in [6.45, 7) is 9.52. The van der Waals surface area contributed by atoms with Gasteiger partial charge in [0.15, 0.2) is 0 Å². The lowest BCUT2D eigenvalue weighted by molar-refractivity contribution is -0.147. The van der Waals surface area contributed by atoms with Gasteiger partial charge in [-0.15, -0.1) is 0 Å². The molecule has 0 spiro atoms. The number of carbonyl (C=O) groups excluding carboxylic acids is 1. The molecule has 4 atom stereocenters. The van der Waals surface area contributed by atoms with Gasteiger partial charge in [0.25, 0.3) is 0 Å². The van der Waals surface area contributed by atoms with Crippen molar-refractivity contribution in [2.24, 2.45) is 5.92 Å². The largest absolute Gasteiger partial charge is 0.379 e. The van der Waals surface area contributed by atoms with Crippen LogP contribution in [0.4, 0.5) is 0 Å². The quantitative estimate of drug-likeness (QED) is 0.786. The molecule has 0 radical (unpaired) electrons. The molecular formula is C13H24N2O3. The highest BCUT2D eigenvalue weighted by Crippen LogP contribution is 2.20. The van der Waals surface area contributed by atoms with Crippen molar-refractivity contribution in [3.63, 3.8) is 0 Å². The van der Waals surface area contributed by atoms with Crippen molar-refractivity contribution in [1.29, 1.82) is 0 Å². The maximum Gasteiger partial charge on any atom is 0.229 e. The van der Waals surface area contributed by atoms with Gasteiger partial charge in [0.2, 0.25) is 5.91 Å². The van der Waals surface area contributed by atoms with Gasteiger partial charge in [-0.05, 0) is 20.4 Å². The van der Waals surface area contributed by atoms with E-state index in [-0.39, 0.29) is 30.1 Å². The number of rotatable bonds is 3. The van der Waals surface area contributed by atoms with E-state index in [9.17, 15) is 4.79 Å². The molecule has 5 heteroatoms. The normalized spacial score (nSPS) is 36.9. The molecule has 0 bridgehead atoms. The van der Waals surface area contributed by atoms with E-state index < -0.39 is 0 Å². The third-order valence-corrected chi connectivity index (χ3v) is 3.60. The number of hydrogen-bond acceptors (Lipinski definition) is 4. The van der Waals surface area contributed by atoms with Crippen molar-refractivity contribution < 1.29 is 14.3 Å². The van der Waals surface area contributed by atoms with E-state index in [0.717, 1.165) is 6.54 Å². The molecule has 2 saturated heterocycles. The molecule has 2 fully saturated rings. The van der Waals surface area contributed by atoms with Gasteiger partial charge in [0.05, 0.1) is 31.3 Å². The van der Waals surface area contributed by atoms with E-state index in [1.165, 1.54) is 0 Å². The van der Waals surface area contributed by atoms with Crippen molar-refractivity contribution in [3.8, 4) is 0 Å². The number of likely N-dealkylation sites (N-methyl/N-ethyl adjacent to an activating group) is 1. The van der Waals surface area contributed by atoms with Crippen LogP contribution >= 0.6 is 0 Å². The van der Waals surface area contributed by atoms with Crippen LogP contribution in [-0.2, 0) is 14.3 Å². The van der Waals surface area contributed by atoms with Gasteiger partial charge in [-0.2, -0.15) is 0 Å². The Balaban J connectivity index is 1.97. The lowest BCUT2D eigenvalue weighted by atomic mass is 10.0. The first-order chi connectivity index (χ1) is 8.61. The maximum absolute atomic E-state index is 12.5. The number of morpholine rings is 1. The van der Waals surface area contributed by atoms with Crippen molar-refractivity contribution in [3.05, 3.63) is 0 Å². The molecule has 1 amide bonds. The summed E-state index contributed by atoms with van der Waals surface area (Å²) in [7, 11) is 0. The lowest BCUT2D eigenvalue weighted by Crippen LogP contribution is -2.53. The standard InChI is InChI=1S/C13H24N2O3/c1-4-14-12-8-17-7-11(12)13(16)15-5-9(2)18-10(3)6-15/h9-12,14H,4-8H2,1-3H3. The lowest BCUT2D eigenvalue weighted by Gasteiger charge is -2.37. The molecule has 2 rings (SSSR count). The summed E-state index contributed by atoms with van der Waals surface area (Å²) in [5, 5.41) is 3.33. The van der Waals surface area contributed by atoms with Crippen LogP contribution in [0.1, 0.15) is 20.8 Å². The summed E-state index contributed by atoms with van der Waals surface area (Å²) < 4.78 is 11.1. The smallest absolute Gasteiger partial charge is 0.229 e. The Morgan fingerprint density at radius 1 is 1.28 bits per heavy atom. The van der Waals surface area contributed by atoms with Gasteiger partial charge >= 0.3 is 0 Å². The van der Waals surface area contributed by atoms with Crippen LogP contribution in [0.5, 0.6) is 0 Å². The highest BCUT2D eigenvalue weighted by Gasteiger charge is 2.38. The topological polar surface area (TPSA) is 50.8 Å². The predicted molar refractivity (Wildman–Crippen MR) is 68.4 cm³/mol. The Morgan fingerprint density at radius 3 is 2.56 bits per heavy atom. The molecule has 5 nitrogen and oxygen atoms in total. The minimum absolute atomic E-state index is 0.0394. The zero-order valence-electron chi connectivity index (χ0n) is 11.5. The SMILES string of the molecule is CCNC1COCC1C(=O)N1CC(C)OC(C)C1. The fourth-order valence-electron chi connectivity index (χ4n) is 2.85. The van der Waals surface area contributed by atoms with E-state index in [0.29, 0.717) is 26.3 Å². The molecule has 2 aliphatic heterocycles. The minimum atomic E-state index is -0.0394. The number of nitrogens with one attached hydrogen (secondary N) is 1. The Kier molecular flexibility index (Phi) is 4.59. The fourth-order valence-corrected chi connectivity index (χ4v) is 2.85. The van der Waals surface area contributed by atoms with Crippen LogP contribution in [0.3, 0.4) is 0 Å². The number of hydrogen-bond donors (Lipinski definition) is 1. The van der Waals surface area contributed by atoms with Crippen LogP contribution in [0.25, 0.3) is 0 Å². The Hall–Kier alpha value is -0.650. The van der Waals surface area contributed by atoms with Crippen molar-refractivity contribution in [2.75, 3.05) is 32.8 Å². The molecule has 0 aromatic carbocycles. The van der Waals surface area contributed by atoms with Gasteiger partial charge in [-0.25, -0.2) is 0 Å². The van der Waals surface area contributed by atoms with Crippen molar-refractivity contribution in [1.82, 2.24) is 10.2 Å². The van der Waals surface area contributed by atoms with Gasteiger partial charge in [0.1, 0.15) is 0 Å². The third kappa shape index (κ3) is 3.02. The van der Waals surface area contributed by atoms with Crippen LogP contribution in [0.2, 0.25) is 0 Å². The molecule has 2 aliphatic rings. The van der Waals surface area contributed by atoms with Crippen LogP contribution in [0.15, 0.2) is 0 Å². The van der Waals surface area contributed by atoms with Gasteiger partial charge in [-0.3, -0.25) is 4.79 Å². The summed E-state index contributed by atoms with van der Waals surface area (Å²) in [6.07, 6.45) is 0.246. The summed E-state index contributed by atoms with van der Waals surface area (Å²) >= 11 is 0. The number of nitrogens with zero attached hydrogens (tertiary/aromatic N) is 1. The number of carbonyl (C=O) groups is 1. The van der Waals surface area contributed by atoms with E-state index in [4.69, 9.17) is 9.47 Å². The van der Waals surface area contributed by atoms with Crippen LogP contribution in [0, 0.1) is 5.92 Å².